The zero-order valence-electron chi connectivity index (χ0n) is 13.1. The number of aromatic nitrogens is 3. The number of rotatable bonds is 2. The average Bonchev–Trinajstić information content (AvgIpc) is 2.63. The molecule has 122 valence electrons. The molecule has 0 aliphatic carbocycles. The van der Waals surface area contributed by atoms with Crippen LogP contribution in [0.4, 0.5) is 17.5 Å². The maximum absolute atomic E-state index is 5.93. The summed E-state index contributed by atoms with van der Waals surface area (Å²) in [6, 6.07) is 7.79. The summed E-state index contributed by atoms with van der Waals surface area (Å²) in [6.45, 7) is 3.51. The van der Waals surface area contributed by atoms with E-state index in [0.717, 1.165) is 58.9 Å². The summed E-state index contributed by atoms with van der Waals surface area (Å²) in [4.78, 5) is 17.8. The van der Waals surface area contributed by atoms with Crippen LogP contribution >= 0.6 is 15.9 Å². The molecular formula is C17H17BrN6. The van der Waals surface area contributed by atoms with Crippen LogP contribution < -0.4 is 15.5 Å². The number of nitrogens with two attached hydrogens (primary N) is 1. The minimum Gasteiger partial charge on any atom is -0.399 e. The molecule has 0 spiro atoms. The molecule has 0 radical (unpaired) electrons. The van der Waals surface area contributed by atoms with Crippen LogP contribution in [0.3, 0.4) is 0 Å². The summed E-state index contributed by atoms with van der Waals surface area (Å²) in [5, 5.41) is 2.21. The Morgan fingerprint density at radius 1 is 0.917 bits per heavy atom. The van der Waals surface area contributed by atoms with Crippen LogP contribution in [0.5, 0.6) is 0 Å². The normalized spacial score (nSPS) is 15.0. The number of hydrogen-bond donors (Lipinski definition) is 1. The van der Waals surface area contributed by atoms with Gasteiger partial charge in [-0.1, -0.05) is 0 Å². The standard InChI is InChI=1S/C17H17BrN6/c18-15-11-22-16(13-3-2-12(19)10-14(13)15)23-6-8-24(9-7-23)17-20-4-1-5-21-17/h1-5,10-11H,6-9,19H2. The maximum atomic E-state index is 5.93. The van der Waals surface area contributed by atoms with E-state index >= 15 is 0 Å². The number of nitrogen functional groups attached to an aromatic ring is 1. The molecule has 6 nitrogen and oxygen atoms in total. The van der Waals surface area contributed by atoms with Gasteiger partial charge in [-0.25, -0.2) is 15.0 Å². The highest BCUT2D eigenvalue weighted by Gasteiger charge is 2.21. The molecule has 1 saturated heterocycles. The molecule has 0 unspecified atom stereocenters. The molecule has 2 N–H and O–H groups in total. The molecule has 24 heavy (non-hydrogen) atoms. The number of fused-ring (bicyclic) bond motifs is 1. The lowest BCUT2D eigenvalue weighted by Crippen LogP contribution is -2.47. The van der Waals surface area contributed by atoms with Gasteiger partial charge in [-0.15, -0.1) is 0 Å². The second-order valence-electron chi connectivity index (χ2n) is 5.76. The first-order valence-corrected chi connectivity index (χ1v) is 8.62. The van der Waals surface area contributed by atoms with Gasteiger partial charge in [0.25, 0.3) is 0 Å². The van der Waals surface area contributed by atoms with Crippen LogP contribution in [-0.4, -0.2) is 41.1 Å². The summed E-state index contributed by atoms with van der Waals surface area (Å²) in [5.41, 5.74) is 6.68. The van der Waals surface area contributed by atoms with Gasteiger partial charge in [-0.05, 0) is 40.2 Å². The SMILES string of the molecule is Nc1ccc2c(N3CCN(c4ncccn4)CC3)ncc(Br)c2c1. The molecule has 1 fully saturated rings. The van der Waals surface area contributed by atoms with E-state index in [1.54, 1.807) is 12.4 Å². The number of hydrogen-bond acceptors (Lipinski definition) is 6. The Hall–Kier alpha value is -2.41. The van der Waals surface area contributed by atoms with Gasteiger partial charge in [0.2, 0.25) is 5.95 Å². The zero-order chi connectivity index (χ0) is 16.5. The summed E-state index contributed by atoms with van der Waals surface area (Å²) < 4.78 is 0.963. The lowest BCUT2D eigenvalue weighted by molar-refractivity contribution is 0.636. The zero-order valence-corrected chi connectivity index (χ0v) is 14.6. The number of pyridine rings is 1. The van der Waals surface area contributed by atoms with Crippen molar-refractivity contribution in [1.29, 1.82) is 0 Å². The quantitative estimate of drug-likeness (QED) is 0.684. The van der Waals surface area contributed by atoms with E-state index in [1.807, 2.05) is 30.5 Å². The Kier molecular flexibility index (Phi) is 3.93. The van der Waals surface area contributed by atoms with Gasteiger partial charge in [-0.3, -0.25) is 0 Å². The van der Waals surface area contributed by atoms with Crippen molar-refractivity contribution in [2.45, 2.75) is 0 Å². The van der Waals surface area contributed by atoms with E-state index in [2.05, 4.69) is 40.7 Å². The third-order valence-corrected chi connectivity index (χ3v) is 4.89. The van der Waals surface area contributed by atoms with Crippen LogP contribution in [0.15, 0.2) is 47.3 Å². The molecule has 3 heterocycles. The third-order valence-electron chi connectivity index (χ3n) is 4.26. The highest BCUT2D eigenvalue weighted by Crippen LogP contribution is 2.32. The summed E-state index contributed by atoms with van der Waals surface area (Å²) in [7, 11) is 0. The molecule has 0 atom stereocenters. The van der Waals surface area contributed by atoms with Crippen molar-refractivity contribution in [2.24, 2.45) is 0 Å². The second kappa shape index (κ2) is 6.24. The molecule has 1 aromatic carbocycles. The highest BCUT2D eigenvalue weighted by molar-refractivity contribution is 9.10. The maximum Gasteiger partial charge on any atom is 0.225 e. The van der Waals surface area contributed by atoms with Gasteiger partial charge < -0.3 is 15.5 Å². The molecule has 2 aromatic heterocycles. The van der Waals surface area contributed by atoms with Gasteiger partial charge in [0.05, 0.1) is 0 Å². The van der Waals surface area contributed by atoms with Crippen molar-refractivity contribution in [3.05, 3.63) is 47.3 Å². The van der Waals surface area contributed by atoms with Crippen molar-refractivity contribution in [1.82, 2.24) is 15.0 Å². The topological polar surface area (TPSA) is 71.2 Å². The molecule has 7 heteroatoms. The van der Waals surface area contributed by atoms with E-state index < -0.39 is 0 Å². The summed E-state index contributed by atoms with van der Waals surface area (Å²) in [5.74, 6) is 1.79. The van der Waals surface area contributed by atoms with Crippen molar-refractivity contribution in [3.8, 4) is 0 Å². The highest BCUT2D eigenvalue weighted by atomic mass is 79.9. The predicted molar refractivity (Wildman–Crippen MR) is 100 cm³/mol. The van der Waals surface area contributed by atoms with Crippen molar-refractivity contribution in [2.75, 3.05) is 41.7 Å². The van der Waals surface area contributed by atoms with Crippen molar-refractivity contribution >= 4 is 44.2 Å². The Labute approximate surface area is 148 Å². The molecule has 0 bridgehead atoms. The first-order chi connectivity index (χ1) is 11.7. The fourth-order valence-corrected chi connectivity index (χ4v) is 3.47. The first kappa shape index (κ1) is 15.1. The van der Waals surface area contributed by atoms with Gasteiger partial charge in [0.15, 0.2) is 0 Å². The van der Waals surface area contributed by atoms with E-state index in [4.69, 9.17) is 5.73 Å². The molecular weight excluding hydrogens is 368 g/mol. The molecule has 0 saturated carbocycles. The minimum absolute atomic E-state index is 0.756. The van der Waals surface area contributed by atoms with Crippen molar-refractivity contribution in [3.63, 3.8) is 0 Å². The molecule has 1 aliphatic rings. The Bertz CT molecular complexity index is 862. The van der Waals surface area contributed by atoms with Crippen molar-refractivity contribution < 1.29 is 0 Å². The fraction of sp³-hybridized carbons (Fsp3) is 0.235. The minimum atomic E-state index is 0.756. The average molecular weight is 385 g/mol. The van der Waals surface area contributed by atoms with E-state index in [9.17, 15) is 0 Å². The molecule has 0 amide bonds. The van der Waals surface area contributed by atoms with Crippen LogP contribution in [0.2, 0.25) is 0 Å². The molecule has 4 rings (SSSR count). The Morgan fingerprint density at radius 3 is 2.38 bits per heavy atom. The second-order valence-corrected chi connectivity index (χ2v) is 6.61. The third kappa shape index (κ3) is 2.75. The van der Waals surface area contributed by atoms with E-state index in [-0.39, 0.29) is 0 Å². The number of piperazine rings is 1. The van der Waals surface area contributed by atoms with Crippen LogP contribution in [0.1, 0.15) is 0 Å². The first-order valence-electron chi connectivity index (χ1n) is 7.83. The number of halogens is 1. The van der Waals surface area contributed by atoms with Gasteiger partial charge in [0, 0.05) is 65.7 Å². The van der Waals surface area contributed by atoms with Gasteiger partial charge in [0.1, 0.15) is 5.82 Å². The number of nitrogens with zero attached hydrogens (tertiary/aromatic N) is 5. The monoisotopic (exact) mass is 384 g/mol. The Balaban J connectivity index is 1.60. The lowest BCUT2D eigenvalue weighted by atomic mass is 10.1. The largest absolute Gasteiger partial charge is 0.399 e. The van der Waals surface area contributed by atoms with Crippen LogP contribution in [0, 0.1) is 0 Å². The van der Waals surface area contributed by atoms with Gasteiger partial charge in [-0.2, -0.15) is 0 Å². The van der Waals surface area contributed by atoms with Crippen LogP contribution in [-0.2, 0) is 0 Å². The smallest absolute Gasteiger partial charge is 0.225 e. The summed E-state index contributed by atoms with van der Waals surface area (Å²) >= 11 is 3.57. The Morgan fingerprint density at radius 2 is 1.62 bits per heavy atom. The number of benzene rings is 1. The summed E-state index contributed by atoms with van der Waals surface area (Å²) in [6.07, 6.45) is 5.41. The predicted octanol–water partition coefficient (Wildman–Crippen LogP) is 2.70. The fourth-order valence-electron chi connectivity index (χ4n) is 3.04. The molecule has 3 aromatic rings. The number of anilines is 3. The van der Waals surface area contributed by atoms with E-state index in [0.29, 0.717) is 0 Å². The van der Waals surface area contributed by atoms with Gasteiger partial charge >= 0.3 is 0 Å². The lowest BCUT2D eigenvalue weighted by Gasteiger charge is -2.35. The van der Waals surface area contributed by atoms with E-state index in [1.165, 1.54) is 0 Å². The van der Waals surface area contributed by atoms with Crippen LogP contribution in [0.25, 0.3) is 10.8 Å². The molecule has 1 aliphatic heterocycles.